The van der Waals surface area contributed by atoms with Crippen LogP contribution >= 0.6 is 15.9 Å². The molecule has 0 atom stereocenters. The van der Waals surface area contributed by atoms with Crippen molar-refractivity contribution in [1.29, 1.82) is 0 Å². The van der Waals surface area contributed by atoms with Crippen LogP contribution in [0.15, 0.2) is 24.3 Å². The first-order valence-electron chi connectivity index (χ1n) is 5.11. The highest BCUT2D eigenvalue weighted by Crippen LogP contribution is 2.38. The fourth-order valence-electron chi connectivity index (χ4n) is 1.71. The molecular weight excluding hydrogens is 240 g/mol. The Morgan fingerprint density at radius 3 is 2.36 bits per heavy atom. The molecule has 1 aromatic rings. The van der Waals surface area contributed by atoms with Gasteiger partial charge in [0.05, 0.1) is 17.5 Å². The van der Waals surface area contributed by atoms with Crippen molar-refractivity contribution in [2.45, 2.75) is 24.1 Å². The van der Waals surface area contributed by atoms with Gasteiger partial charge in [0.25, 0.3) is 0 Å². The van der Waals surface area contributed by atoms with Crippen LogP contribution in [-0.4, -0.2) is 13.2 Å². The van der Waals surface area contributed by atoms with Crippen molar-refractivity contribution in [2.75, 3.05) is 13.2 Å². The first kappa shape index (κ1) is 10.2. The molecule has 0 saturated carbocycles. The monoisotopic (exact) mass is 254 g/mol. The number of aryl methyl sites for hydroxylation is 1. The van der Waals surface area contributed by atoms with Crippen LogP contribution in [0.2, 0.25) is 0 Å². The quantitative estimate of drug-likeness (QED) is 0.753. The molecule has 1 saturated heterocycles. The number of hydrogen-bond acceptors (Lipinski definition) is 1. The van der Waals surface area contributed by atoms with Gasteiger partial charge in [-0.25, -0.2) is 0 Å². The molecule has 0 unspecified atom stereocenters. The maximum atomic E-state index is 5.22. The summed E-state index contributed by atoms with van der Waals surface area (Å²) in [6.45, 7) is 3.79. The lowest BCUT2D eigenvalue weighted by molar-refractivity contribution is -0.00698. The number of benzene rings is 1. The number of halogens is 1. The second kappa shape index (κ2) is 4.03. The topological polar surface area (TPSA) is 9.23 Å². The minimum atomic E-state index is 0.0950. The number of hydrogen-bond donors (Lipinski definition) is 0. The Balaban J connectivity index is 2.13. The van der Waals surface area contributed by atoms with Gasteiger partial charge in [-0.3, -0.25) is 0 Å². The van der Waals surface area contributed by atoms with Crippen molar-refractivity contribution in [1.82, 2.24) is 0 Å². The van der Waals surface area contributed by atoms with E-state index in [-0.39, 0.29) is 4.32 Å². The largest absolute Gasteiger partial charge is 0.378 e. The summed E-state index contributed by atoms with van der Waals surface area (Å²) in [6.07, 6.45) is 2.38. The first-order valence-corrected chi connectivity index (χ1v) is 5.90. The van der Waals surface area contributed by atoms with E-state index < -0.39 is 0 Å². The molecule has 0 radical (unpaired) electrons. The standard InChI is InChI=1S/C12H15BrO/c1-2-3-10-4-6-11(7-5-10)12(13)8-14-9-12/h4-7H,2-3,8-9H2,1H3. The summed E-state index contributed by atoms with van der Waals surface area (Å²) in [4.78, 5) is 0. The molecule has 2 heteroatoms. The van der Waals surface area contributed by atoms with Gasteiger partial charge in [-0.2, -0.15) is 0 Å². The molecule has 1 aliphatic rings. The second-order valence-electron chi connectivity index (χ2n) is 3.91. The van der Waals surface area contributed by atoms with Crippen molar-refractivity contribution in [3.8, 4) is 0 Å². The van der Waals surface area contributed by atoms with E-state index in [1.54, 1.807) is 0 Å². The molecule has 1 aliphatic heterocycles. The van der Waals surface area contributed by atoms with Gasteiger partial charge in [0.15, 0.2) is 0 Å². The maximum absolute atomic E-state index is 5.22. The number of alkyl halides is 1. The predicted octanol–water partition coefficient (Wildman–Crippen LogP) is 3.26. The van der Waals surface area contributed by atoms with Crippen molar-refractivity contribution in [3.63, 3.8) is 0 Å². The van der Waals surface area contributed by atoms with Gasteiger partial charge < -0.3 is 4.74 Å². The van der Waals surface area contributed by atoms with Gasteiger partial charge in [-0.05, 0) is 17.5 Å². The first-order chi connectivity index (χ1) is 6.74. The van der Waals surface area contributed by atoms with Gasteiger partial charge in [0, 0.05) is 0 Å². The van der Waals surface area contributed by atoms with Crippen LogP contribution in [0.5, 0.6) is 0 Å². The van der Waals surface area contributed by atoms with Crippen molar-refractivity contribution in [2.24, 2.45) is 0 Å². The second-order valence-corrected chi connectivity index (χ2v) is 5.42. The average molecular weight is 255 g/mol. The molecule has 76 valence electrons. The van der Waals surface area contributed by atoms with Crippen LogP contribution in [0.1, 0.15) is 24.5 Å². The SMILES string of the molecule is CCCc1ccc(C2(Br)COC2)cc1. The Bertz CT molecular complexity index is 301. The van der Waals surface area contributed by atoms with Gasteiger partial charge in [0.1, 0.15) is 0 Å². The Morgan fingerprint density at radius 1 is 1.29 bits per heavy atom. The molecule has 0 N–H and O–H groups in total. The molecule has 0 amide bonds. The molecule has 0 bridgehead atoms. The molecule has 1 fully saturated rings. The normalized spacial score (nSPS) is 19.0. The van der Waals surface area contributed by atoms with Crippen molar-refractivity contribution < 1.29 is 4.74 Å². The van der Waals surface area contributed by atoms with Gasteiger partial charge >= 0.3 is 0 Å². The summed E-state index contributed by atoms with van der Waals surface area (Å²) in [5, 5.41) is 0. The van der Waals surface area contributed by atoms with E-state index in [9.17, 15) is 0 Å². The smallest absolute Gasteiger partial charge is 0.0971 e. The Hall–Kier alpha value is -0.340. The van der Waals surface area contributed by atoms with E-state index in [2.05, 4.69) is 47.1 Å². The lowest BCUT2D eigenvalue weighted by Crippen LogP contribution is -2.40. The summed E-state index contributed by atoms with van der Waals surface area (Å²) < 4.78 is 5.32. The Labute approximate surface area is 93.6 Å². The van der Waals surface area contributed by atoms with E-state index in [4.69, 9.17) is 4.74 Å². The average Bonchev–Trinajstić information content (AvgIpc) is 2.16. The molecule has 0 aliphatic carbocycles. The summed E-state index contributed by atoms with van der Waals surface area (Å²) in [5.41, 5.74) is 2.76. The predicted molar refractivity (Wildman–Crippen MR) is 61.9 cm³/mol. The van der Waals surface area contributed by atoms with Gasteiger partial charge in [0.2, 0.25) is 0 Å². The Morgan fingerprint density at radius 2 is 1.93 bits per heavy atom. The summed E-state index contributed by atoms with van der Waals surface area (Å²) >= 11 is 3.71. The van der Waals surface area contributed by atoms with E-state index in [0.29, 0.717) is 0 Å². The van der Waals surface area contributed by atoms with Crippen LogP contribution < -0.4 is 0 Å². The maximum Gasteiger partial charge on any atom is 0.0971 e. The van der Waals surface area contributed by atoms with Crippen LogP contribution in [0.4, 0.5) is 0 Å². The van der Waals surface area contributed by atoms with E-state index in [1.165, 1.54) is 24.0 Å². The van der Waals surface area contributed by atoms with Crippen LogP contribution in [0, 0.1) is 0 Å². The zero-order valence-corrected chi connectivity index (χ0v) is 10.0. The number of ether oxygens (including phenoxy) is 1. The van der Waals surface area contributed by atoms with Gasteiger partial charge in [-0.1, -0.05) is 53.5 Å². The van der Waals surface area contributed by atoms with Crippen LogP contribution in [0.25, 0.3) is 0 Å². The molecular formula is C12H15BrO. The molecule has 1 heterocycles. The number of rotatable bonds is 3. The summed E-state index contributed by atoms with van der Waals surface area (Å²) in [5.74, 6) is 0. The lowest BCUT2D eigenvalue weighted by Gasteiger charge is -2.36. The third-order valence-corrected chi connectivity index (χ3v) is 3.59. The zero-order valence-electron chi connectivity index (χ0n) is 8.42. The highest BCUT2D eigenvalue weighted by atomic mass is 79.9. The molecule has 0 spiro atoms. The molecule has 1 aromatic carbocycles. The fourth-order valence-corrected chi connectivity index (χ4v) is 2.29. The molecule has 0 aromatic heterocycles. The fraction of sp³-hybridized carbons (Fsp3) is 0.500. The highest BCUT2D eigenvalue weighted by molar-refractivity contribution is 9.09. The summed E-state index contributed by atoms with van der Waals surface area (Å²) in [7, 11) is 0. The van der Waals surface area contributed by atoms with Crippen LogP contribution in [0.3, 0.4) is 0 Å². The molecule has 1 nitrogen and oxygen atoms in total. The zero-order chi connectivity index (χ0) is 10.0. The van der Waals surface area contributed by atoms with Crippen LogP contribution in [-0.2, 0) is 15.5 Å². The van der Waals surface area contributed by atoms with Gasteiger partial charge in [-0.15, -0.1) is 0 Å². The van der Waals surface area contributed by atoms with E-state index >= 15 is 0 Å². The van der Waals surface area contributed by atoms with Crippen molar-refractivity contribution in [3.05, 3.63) is 35.4 Å². The highest BCUT2D eigenvalue weighted by Gasteiger charge is 2.37. The Kier molecular flexibility index (Phi) is 2.93. The minimum Gasteiger partial charge on any atom is -0.378 e. The molecule has 2 rings (SSSR count). The third-order valence-electron chi connectivity index (χ3n) is 2.67. The third kappa shape index (κ3) is 1.86. The lowest BCUT2D eigenvalue weighted by atomic mass is 9.95. The van der Waals surface area contributed by atoms with E-state index in [1.807, 2.05) is 0 Å². The minimum absolute atomic E-state index is 0.0950. The summed E-state index contributed by atoms with van der Waals surface area (Å²) in [6, 6.07) is 8.87. The van der Waals surface area contributed by atoms with Crippen molar-refractivity contribution >= 4 is 15.9 Å². The molecule has 14 heavy (non-hydrogen) atoms. The van der Waals surface area contributed by atoms with E-state index in [0.717, 1.165) is 13.2 Å².